The number of nitrogens with zero attached hydrogens (tertiary/aromatic N) is 2. The van der Waals surface area contributed by atoms with Gasteiger partial charge in [-0.15, -0.1) is 0 Å². The zero-order valence-corrected chi connectivity index (χ0v) is 13.4. The van der Waals surface area contributed by atoms with E-state index in [2.05, 4.69) is 0 Å². The first-order valence-corrected chi connectivity index (χ1v) is 7.88. The van der Waals surface area contributed by atoms with E-state index in [0.29, 0.717) is 4.90 Å². The SMILES string of the molecule is O=C(C1CCN(CC(F)(F)F)CC1)N1CCC(C(F)(F)F)(C(F)(F)F)C1. The summed E-state index contributed by atoms with van der Waals surface area (Å²) in [7, 11) is 0. The molecule has 1 amide bonds. The Labute approximate surface area is 143 Å². The lowest BCUT2D eigenvalue weighted by atomic mass is 9.85. The predicted molar refractivity (Wildman–Crippen MR) is 71.0 cm³/mol. The number of likely N-dealkylation sites (tertiary alicyclic amines) is 2. The third kappa shape index (κ3) is 4.20. The third-order valence-corrected chi connectivity index (χ3v) is 5.01. The molecule has 0 unspecified atom stereocenters. The van der Waals surface area contributed by atoms with Gasteiger partial charge in [-0.3, -0.25) is 9.69 Å². The highest BCUT2D eigenvalue weighted by molar-refractivity contribution is 5.79. The molecule has 2 fully saturated rings. The van der Waals surface area contributed by atoms with Crippen molar-refractivity contribution in [1.82, 2.24) is 9.80 Å². The topological polar surface area (TPSA) is 23.6 Å². The van der Waals surface area contributed by atoms with Crippen molar-refractivity contribution in [2.75, 3.05) is 32.7 Å². The molecule has 0 spiro atoms. The maximum Gasteiger partial charge on any atom is 0.404 e. The largest absolute Gasteiger partial charge is 0.404 e. The average molecular weight is 400 g/mol. The molecule has 0 saturated carbocycles. The van der Waals surface area contributed by atoms with Gasteiger partial charge in [-0.1, -0.05) is 0 Å². The van der Waals surface area contributed by atoms with Crippen molar-refractivity contribution in [2.24, 2.45) is 11.3 Å². The smallest absolute Gasteiger partial charge is 0.341 e. The van der Waals surface area contributed by atoms with Crippen LogP contribution in [0.5, 0.6) is 0 Å². The highest BCUT2D eigenvalue weighted by Crippen LogP contribution is 2.55. The standard InChI is InChI=1S/C14H17F9N2O/c15-12(16,17)8-24-4-1-9(2-5-24)10(26)25-6-3-11(7-25,13(18,19)20)14(21,22)23/h9H,1-8H2. The molecule has 0 N–H and O–H groups in total. The quantitative estimate of drug-likeness (QED) is 0.662. The van der Waals surface area contributed by atoms with Gasteiger partial charge in [0, 0.05) is 19.0 Å². The van der Waals surface area contributed by atoms with Crippen molar-refractivity contribution in [3.63, 3.8) is 0 Å². The van der Waals surface area contributed by atoms with Crippen LogP contribution in [0.4, 0.5) is 39.5 Å². The van der Waals surface area contributed by atoms with Gasteiger partial charge in [0.05, 0.1) is 6.54 Å². The molecule has 152 valence electrons. The fraction of sp³-hybridized carbons (Fsp3) is 0.929. The minimum Gasteiger partial charge on any atom is -0.341 e. The van der Waals surface area contributed by atoms with Crippen molar-refractivity contribution in [1.29, 1.82) is 0 Å². The summed E-state index contributed by atoms with van der Waals surface area (Å²) in [6.07, 6.45) is -16.8. The lowest BCUT2D eigenvalue weighted by Crippen LogP contribution is -2.52. The zero-order valence-electron chi connectivity index (χ0n) is 13.4. The Kier molecular flexibility index (Phi) is 5.48. The highest BCUT2D eigenvalue weighted by atomic mass is 19.4. The van der Waals surface area contributed by atoms with E-state index in [4.69, 9.17) is 0 Å². The minimum absolute atomic E-state index is 0.0313. The lowest BCUT2D eigenvalue weighted by molar-refractivity contribution is -0.334. The first kappa shape index (κ1) is 21.1. The molecule has 2 heterocycles. The molecule has 2 aliphatic rings. The summed E-state index contributed by atoms with van der Waals surface area (Å²) in [5.74, 6) is -1.72. The Balaban J connectivity index is 2.00. The first-order chi connectivity index (χ1) is 11.7. The third-order valence-electron chi connectivity index (χ3n) is 5.01. The number of alkyl halides is 9. The zero-order chi connectivity index (χ0) is 20.0. The van der Waals surface area contributed by atoms with Gasteiger partial charge in [0.1, 0.15) is 0 Å². The molecule has 0 aromatic carbocycles. The first-order valence-electron chi connectivity index (χ1n) is 7.88. The summed E-state index contributed by atoms with van der Waals surface area (Å²) in [5, 5.41) is 0. The molecule has 0 aromatic heterocycles. The molecule has 2 aliphatic heterocycles. The van der Waals surface area contributed by atoms with Crippen LogP contribution in [0, 0.1) is 11.3 Å². The van der Waals surface area contributed by atoms with Gasteiger partial charge < -0.3 is 4.90 Å². The maximum atomic E-state index is 13.0. The summed E-state index contributed by atoms with van der Waals surface area (Å²) in [6.45, 7) is -3.52. The van der Waals surface area contributed by atoms with Crippen LogP contribution in [-0.2, 0) is 4.79 Å². The molecule has 2 rings (SSSR count). The Bertz CT molecular complexity index is 504. The minimum atomic E-state index is -5.55. The van der Waals surface area contributed by atoms with E-state index in [9.17, 15) is 44.3 Å². The van der Waals surface area contributed by atoms with E-state index in [1.165, 1.54) is 0 Å². The van der Waals surface area contributed by atoms with E-state index in [-0.39, 0.29) is 25.9 Å². The second-order valence-electron chi connectivity index (χ2n) is 6.75. The summed E-state index contributed by atoms with van der Waals surface area (Å²) in [4.78, 5) is 13.9. The fourth-order valence-corrected chi connectivity index (χ4v) is 3.47. The molecule has 0 radical (unpaired) electrons. The van der Waals surface area contributed by atoms with Crippen LogP contribution in [0.1, 0.15) is 19.3 Å². The summed E-state index contributed by atoms with van der Waals surface area (Å²) in [5.41, 5.74) is -3.95. The van der Waals surface area contributed by atoms with Crippen LogP contribution in [-0.4, -0.2) is 67.0 Å². The molecule has 26 heavy (non-hydrogen) atoms. The van der Waals surface area contributed by atoms with Gasteiger partial charge in [0.15, 0.2) is 5.41 Å². The average Bonchev–Trinajstić information content (AvgIpc) is 2.91. The number of amides is 1. The fourth-order valence-electron chi connectivity index (χ4n) is 3.47. The number of carbonyl (C=O) groups is 1. The van der Waals surface area contributed by atoms with Gasteiger partial charge >= 0.3 is 18.5 Å². The van der Waals surface area contributed by atoms with Gasteiger partial charge in [-0.25, -0.2) is 0 Å². The van der Waals surface area contributed by atoms with E-state index < -0.39 is 61.8 Å². The van der Waals surface area contributed by atoms with Gasteiger partial charge in [-0.05, 0) is 32.4 Å². The van der Waals surface area contributed by atoms with E-state index in [1.807, 2.05) is 0 Å². The Morgan fingerprint density at radius 3 is 1.77 bits per heavy atom. The second kappa shape index (κ2) is 6.75. The van der Waals surface area contributed by atoms with Crippen LogP contribution in [0.25, 0.3) is 0 Å². The normalized spacial score (nSPS) is 23.5. The van der Waals surface area contributed by atoms with Crippen LogP contribution >= 0.6 is 0 Å². The van der Waals surface area contributed by atoms with Gasteiger partial charge in [0.2, 0.25) is 5.91 Å². The molecule has 3 nitrogen and oxygen atoms in total. The van der Waals surface area contributed by atoms with Crippen LogP contribution in [0.15, 0.2) is 0 Å². The number of piperidine rings is 1. The predicted octanol–water partition coefficient (Wildman–Crippen LogP) is 3.60. The van der Waals surface area contributed by atoms with Crippen LogP contribution < -0.4 is 0 Å². The van der Waals surface area contributed by atoms with Crippen molar-refractivity contribution in [3.05, 3.63) is 0 Å². The number of hydrogen-bond donors (Lipinski definition) is 0. The number of hydrogen-bond acceptors (Lipinski definition) is 2. The highest BCUT2D eigenvalue weighted by Gasteiger charge is 2.73. The summed E-state index contributed by atoms with van der Waals surface area (Å²) in [6, 6.07) is 0. The molecule has 0 aliphatic carbocycles. The van der Waals surface area contributed by atoms with Crippen molar-refractivity contribution < 1.29 is 44.3 Å². The Hall–Kier alpha value is -1.20. The number of halogens is 9. The molecule has 0 atom stereocenters. The maximum absolute atomic E-state index is 13.0. The Morgan fingerprint density at radius 1 is 0.885 bits per heavy atom. The number of carbonyl (C=O) groups excluding carboxylic acids is 1. The second-order valence-corrected chi connectivity index (χ2v) is 6.75. The van der Waals surface area contributed by atoms with Gasteiger partial charge in [-0.2, -0.15) is 39.5 Å². The molecular formula is C14H17F9N2O. The van der Waals surface area contributed by atoms with E-state index in [1.54, 1.807) is 0 Å². The van der Waals surface area contributed by atoms with Crippen molar-refractivity contribution in [2.45, 2.75) is 37.8 Å². The molecule has 0 aromatic rings. The number of rotatable bonds is 2. The molecule has 2 saturated heterocycles. The molecular weight excluding hydrogens is 383 g/mol. The Morgan fingerprint density at radius 2 is 1.38 bits per heavy atom. The molecule has 12 heteroatoms. The lowest BCUT2D eigenvalue weighted by Gasteiger charge is -2.35. The van der Waals surface area contributed by atoms with Crippen molar-refractivity contribution in [3.8, 4) is 0 Å². The summed E-state index contributed by atoms with van der Waals surface area (Å²) >= 11 is 0. The monoisotopic (exact) mass is 400 g/mol. The van der Waals surface area contributed by atoms with Crippen LogP contribution in [0.2, 0.25) is 0 Å². The van der Waals surface area contributed by atoms with E-state index >= 15 is 0 Å². The van der Waals surface area contributed by atoms with Gasteiger partial charge in [0.25, 0.3) is 0 Å². The summed E-state index contributed by atoms with van der Waals surface area (Å²) < 4.78 is 115. The van der Waals surface area contributed by atoms with Crippen LogP contribution in [0.3, 0.4) is 0 Å². The van der Waals surface area contributed by atoms with E-state index in [0.717, 1.165) is 4.90 Å². The van der Waals surface area contributed by atoms with Crippen molar-refractivity contribution >= 4 is 5.91 Å². The molecule has 0 bridgehead atoms.